The molecule has 24 heavy (non-hydrogen) atoms. The van der Waals surface area contributed by atoms with Gasteiger partial charge in [-0.1, -0.05) is 36.4 Å². The summed E-state index contributed by atoms with van der Waals surface area (Å²) in [4.78, 5) is 0. The van der Waals surface area contributed by atoms with E-state index in [1.54, 1.807) is 6.20 Å². The lowest BCUT2D eigenvalue weighted by atomic mass is 9.96. The van der Waals surface area contributed by atoms with Crippen LogP contribution in [0.4, 0.5) is 0 Å². The van der Waals surface area contributed by atoms with E-state index in [2.05, 4.69) is 28.6 Å². The van der Waals surface area contributed by atoms with Crippen LogP contribution >= 0.6 is 0 Å². The Morgan fingerprint density at radius 1 is 1.12 bits per heavy atom. The normalized spacial score (nSPS) is 19.4. The summed E-state index contributed by atoms with van der Waals surface area (Å²) in [6.07, 6.45) is 5.44. The van der Waals surface area contributed by atoms with Crippen molar-refractivity contribution in [3.63, 3.8) is 0 Å². The summed E-state index contributed by atoms with van der Waals surface area (Å²) < 4.78 is 1.85. The van der Waals surface area contributed by atoms with Crippen molar-refractivity contribution in [1.29, 1.82) is 0 Å². The fourth-order valence-electron chi connectivity index (χ4n) is 3.50. The molecule has 0 spiro atoms. The van der Waals surface area contributed by atoms with E-state index in [-0.39, 0.29) is 0 Å². The minimum absolute atomic E-state index is 0.565. The zero-order valence-corrected chi connectivity index (χ0v) is 13.5. The fourth-order valence-corrected chi connectivity index (χ4v) is 3.50. The predicted octanol–water partition coefficient (Wildman–Crippen LogP) is 2.80. The molecule has 122 valence electrons. The number of fused-ring (bicyclic) bond motifs is 1. The van der Waals surface area contributed by atoms with Gasteiger partial charge in [-0.25, -0.2) is 4.68 Å². The highest BCUT2D eigenvalue weighted by atomic mass is 16.3. The summed E-state index contributed by atoms with van der Waals surface area (Å²) in [5.74, 6) is 0. The molecule has 3 aromatic rings. The quantitative estimate of drug-likeness (QED) is 0.760. The lowest BCUT2D eigenvalue weighted by Crippen LogP contribution is -2.36. The lowest BCUT2D eigenvalue weighted by molar-refractivity contribution is 0.0384. The van der Waals surface area contributed by atoms with Crippen LogP contribution in [0.2, 0.25) is 0 Å². The SMILES string of the molecule is OC1(CNCc2cccc(-n3cccn3)c2)CCc2ccccc21. The number of benzene rings is 2. The number of nitrogens with zero attached hydrogens (tertiary/aromatic N) is 2. The molecule has 1 unspecified atom stereocenters. The number of rotatable bonds is 5. The van der Waals surface area contributed by atoms with Crippen molar-refractivity contribution in [2.24, 2.45) is 0 Å². The Morgan fingerprint density at radius 2 is 2.04 bits per heavy atom. The van der Waals surface area contributed by atoms with Crippen LogP contribution in [-0.2, 0) is 18.6 Å². The van der Waals surface area contributed by atoms with Gasteiger partial charge < -0.3 is 10.4 Å². The Bertz CT molecular complexity index is 828. The van der Waals surface area contributed by atoms with Gasteiger partial charge in [-0.05, 0) is 47.7 Å². The van der Waals surface area contributed by atoms with E-state index in [0.29, 0.717) is 6.54 Å². The second kappa shape index (κ2) is 6.23. The summed E-state index contributed by atoms with van der Waals surface area (Å²) in [6, 6.07) is 18.4. The second-order valence-electron chi connectivity index (χ2n) is 6.41. The van der Waals surface area contributed by atoms with Gasteiger partial charge in [0, 0.05) is 25.5 Å². The van der Waals surface area contributed by atoms with Crippen molar-refractivity contribution in [3.8, 4) is 5.69 Å². The van der Waals surface area contributed by atoms with Crippen LogP contribution in [0, 0.1) is 0 Å². The maximum Gasteiger partial charge on any atom is 0.103 e. The van der Waals surface area contributed by atoms with Crippen LogP contribution < -0.4 is 5.32 Å². The standard InChI is InChI=1S/C20H21N3O/c24-20(10-9-17-6-1-2-8-19(17)20)15-21-14-16-5-3-7-18(13-16)23-12-4-11-22-23/h1-8,11-13,21,24H,9-10,14-15H2. The molecule has 1 atom stereocenters. The maximum absolute atomic E-state index is 10.9. The minimum atomic E-state index is -0.754. The smallest absolute Gasteiger partial charge is 0.103 e. The topological polar surface area (TPSA) is 50.1 Å². The zero-order chi connectivity index (χ0) is 16.4. The molecule has 0 aliphatic heterocycles. The number of aryl methyl sites for hydroxylation is 1. The van der Waals surface area contributed by atoms with Gasteiger partial charge in [0.1, 0.15) is 5.60 Å². The molecule has 2 aromatic carbocycles. The van der Waals surface area contributed by atoms with Gasteiger partial charge in [0.25, 0.3) is 0 Å². The van der Waals surface area contributed by atoms with Gasteiger partial charge in [-0.15, -0.1) is 0 Å². The predicted molar refractivity (Wildman–Crippen MR) is 93.9 cm³/mol. The molecule has 0 bridgehead atoms. The number of aromatic nitrogens is 2. The van der Waals surface area contributed by atoms with Gasteiger partial charge in [-0.2, -0.15) is 5.10 Å². The molecular formula is C20H21N3O. The third kappa shape index (κ3) is 2.86. The summed E-state index contributed by atoms with van der Waals surface area (Å²) in [6.45, 7) is 1.29. The van der Waals surface area contributed by atoms with Crippen molar-refractivity contribution in [2.75, 3.05) is 6.54 Å². The molecule has 1 aromatic heterocycles. The highest BCUT2D eigenvalue weighted by Gasteiger charge is 2.35. The average molecular weight is 319 g/mol. The van der Waals surface area contributed by atoms with Gasteiger partial charge in [0.05, 0.1) is 5.69 Å². The first-order chi connectivity index (χ1) is 11.7. The Labute approximate surface area is 141 Å². The molecule has 0 amide bonds. The highest BCUT2D eigenvalue weighted by Crippen LogP contribution is 2.36. The van der Waals surface area contributed by atoms with Gasteiger partial charge in [0.2, 0.25) is 0 Å². The van der Waals surface area contributed by atoms with Gasteiger partial charge in [-0.3, -0.25) is 0 Å². The molecule has 1 heterocycles. The van der Waals surface area contributed by atoms with Crippen molar-refractivity contribution in [2.45, 2.75) is 25.0 Å². The van der Waals surface area contributed by atoms with Gasteiger partial charge >= 0.3 is 0 Å². The summed E-state index contributed by atoms with van der Waals surface area (Å²) in [5.41, 5.74) is 3.81. The van der Waals surface area contributed by atoms with E-state index in [0.717, 1.165) is 30.6 Å². The molecule has 2 N–H and O–H groups in total. The van der Waals surface area contributed by atoms with Crippen LogP contribution in [0.3, 0.4) is 0 Å². The molecular weight excluding hydrogens is 298 g/mol. The van der Waals surface area contributed by atoms with Crippen LogP contribution in [0.25, 0.3) is 5.69 Å². The molecule has 0 saturated heterocycles. The summed E-state index contributed by atoms with van der Waals surface area (Å²) in [7, 11) is 0. The van der Waals surface area contributed by atoms with Crippen LogP contribution in [0.15, 0.2) is 67.0 Å². The zero-order valence-electron chi connectivity index (χ0n) is 13.5. The largest absolute Gasteiger partial charge is 0.384 e. The summed E-state index contributed by atoms with van der Waals surface area (Å²) >= 11 is 0. The molecule has 0 radical (unpaired) electrons. The fraction of sp³-hybridized carbons (Fsp3) is 0.250. The van der Waals surface area contributed by atoms with Crippen LogP contribution in [-0.4, -0.2) is 21.4 Å². The number of aliphatic hydroxyl groups is 1. The van der Waals surface area contributed by atoms with Crippen molar-refractivity contribution in [1.82, 2.24) is 15.1 Å². The van der Waals surface area contributed by atoms with E-state index in [4.69, 9.17) is 0 Å². The van der Waals surface area contributed by atoms with E-state index < -0.39 is 5.60 Å². The van der Waals surface area contributed by atoms with Gasteiger partial charge in [0.15, 0.2) is 0 Å². The third-order valence-electron chi connectivity index (χ3n) is 4.75. The molecule has 0 saturated carbocycles. The third-order valence-corrected chi connectivity index (χ3v) is 4.75. The number of hydrogen-bond acceptors (Lipinski definition) is 3. The first-order valence-electron chi connectivity index (χ1n) is 8.35. The number of nitrogens with one attached hydrogen (secondary N) is 1. The first-order valence-corrected chi connectivity index (χ1v) is 8.35. The van der Waals surface area contributed by atoms with E-state index in [1.807, 2.05) is 47.3 Å². The lowest BCUT2D eigenvalue weighted by Gasteiger charge is -2.24. The molecule has 1 aliphatic rings. The minimum Gasteiger partial charge on any atom is -0.384 e. The first kappa shape index (κ1) is 15.1. The monoisotopic (exact) mass is 319 g/mol. The van der Waals surface area contributed by atoms with E-state index in [1.165, 1.54) is 11.1 Å². The molecule has 4 heteroatoms. The van der Waals surface area contributed by atoms with Crippen LogP contribution in [0.1, 0.15) is 23.1 Å². The molecule has 0 fully saturated rings. The average Bonchev–Trinajstić information content (AvgIpc) is 3.25. The number of hydrogen-bond donors (Lipinski definition) is 2. The van der Waals surface area contributed by atoms with Crippen LogP contribution in [0.5, 0.6) is 0 Å². The van der Waals surface area contributed by atoms with Crippen molar-refractivity contribution >= 4 is 0 Å². The molecule has 4 nitrogen and oxygen atoms in total. The molecule has 1 aliphatic carbocycles. The van der Waals surface area contributed by atoms with E-state index >= 15 is 0 Å². The highest BCUT2D eigenvalue weighted by molar-refractivity contribution is 5.38. The summed E-state index contributed by atoms with van der Waals surface area (Å²) in [5, 5.41) is 18.6. The second-order valence-corrected chi connectivity index (χ2v) is 6.41. The molecule has 4 rings (SSSR count). The Balaban J connectivity index is 1.42. The maximum atomic E-state index is 10.9. The Kier molecular flexibility index (Phi) is 3.92. The van der Waals surface area contributed by atoms with Crippen molar-refractivity contribution in [3.05, 3.63) is 83.7 Å². The Morgan fingerprint density at radius 3 is 2.92 bits per heavy atom. The van der Waals surface area contributed by atoms with Crippen molar-refractivity contribution < 1.29 is 5.11 Å². The Hall–Kier alpha value is -2.43. The van der Waals surface area contributed by atoms with E-state index in [9.17, 15) is 5.11 Å².